The van der Waals surface area contributed by atoms with Crippen LogP contribution in [-0.2, 0) is 29.1 Å². The van der Waals surface area contributed by atoms with Crippen molar-refractivity contribution in [3.63, 3.8) is 0 Å². The first kappa shape index (κ1) is 31.6. The summed E-state index contributed by atoms with van der Waals surface area (Å²) < 4.78 is 66.7. The SMILES string of the molecule is CCCCCCOC1=CC=C(OCCCCCC)C(C)(S(=O)(=O)c2cccc3ccccc23)C1S(=O)(=O)C=[N+]=[N-]. The van der Waals surface area contributed by atoms with Crippen molar-refractivity contribution in [3.8, 4) is 0 Å². The van der Waals surface area contributed by atoms with E-state index >= 15 is 0 Å². The predicted molar refractivity (Wildman–Crippen MR) is 158 cm³/mol. The van der Waals surface area contributed by atoms with Crippen LogP contribution in [0.5, 0.6) is 0 Å². The second kappa shape index (κ2) is 14.1. The lowest BCUT2D eigenvalue weighted by Gasteiger charge is -2.39. The monoisotopic (exact) mass is 588 g/mol. The van der Waals surface area contributed by atoms with Crippen LogP contribution in [0.2, 0.25) is 0 Å². The summed E-state index contributed by atoms with van der Waals surface area (Å²) in [6.07, 6.45) is 10.2. The highest BCUT2D eigenvalue weighted by molar-refractivity contribution is 8.06. The second-order valence-corrected chi connectivity index (χ2v) is 14.4. The lowest BCUT2D eigenvalue weighted by molar-refractivity contribution is 0.00739. The van der Waals surface area contributed by atoms with Crippen molar-refractivity contribution >= 4 is 36.0 Å². The van der Waals surface area contributed by atoms with Crippen LogP contribution in [0.4, 0.5) is 0 Å². The third-order valence-electron chi connectivity index (χ3n) is 7.29. The highest BCUT2D eigenvalue weighted by Gasteiger charge is 2.60. The first-order valence-corrected chi connectivity index (χ1v) is 17.1. The number of unbranched alkanes of at least 4 members (excludes halogenated alkanes) is 6. The van der Waals surface area contributed by atoms with Crippen molar-refractivity contribution in [2.45, 2.75) is 87.0 Å². The number of allylic oxidation sites excluding steroid dienone is 2. The van der Waals surface area contributed by atoms with Crippen LogP contribution in [-0.4, -0.2) is 50.4 Å². The summed E-state index contributed by atoms with van der Waals surface area (Å²) in [6.45, 7) is 5.99. The van der Waals surface area contributed by atoms with Gasteiger partial charge >= 0.3 is 5.55 Å². The van der Waals surface area contributed by atoms with Crippen LogP contribution in [0.1, 0.15) is 72.1 Å². The maximum Gasteiger partial charge on any atom is 0.371 e. The van der Waals surface area contributed by atoms with E-state index in [9.17, 15) is 22.4 Å². The average molecular weight is 589 g/mol. The molecule has 2 aromatic carbocycles. The molecule has 0 saturated carbocycles. The van der Waals surface area contributed by atoms with Crippen LogP contribution in [0.25, 0.3) is 16.3 Å². The standard InChI is InChI=1S/C30H40N2O6S2/c1-4-6-8-12-21-37-26-19-20-28(38-22-13-9-7-5-2)30(3,29(26)39(33,34)23-32-31)40(35,36)27-18-14-16-24-15-10-11-17-25(24)27/h10-11,14-20,23,29H,4-9,12-13,21-22H2,1-3H3. The van der Waals surface area contributed by atoms with E-state index in [1.165, 1.54) is 25.1 Å². The molecular weight excluding hydrogens is 548 g/mol. The molecular formula is C30H40N2O6S2. The smallest absolute Gasteiger partial charge is 0.371 e. The Morgan fingerprint density at radius 3 is 2.12 bits per heavy atom. The Bertz CT molecular complexity index is 1490. The lowest BCUT2D eigenvalue weighted by Crippen LogP contribution is -2.55. The summed E-state index contributed by atoms with van der Waals surface area (Å²) in [5.41, 5.74) is 9.63. The number of sulfone groups is 2. The van der Waals surface area contributed by atoms with Gasteiger partial charge in [0.1, 0.15) is 11.5 Å². The Hall–Kier alpha value is -2.94. The molecule has 0 saturated heterocycles. The van der Waals surface area contributed by atoms with Crippen molar-refractivity contribution in [2.24, 2.45) is 0 Å². The molecule has 3 rings (SSSR count). The second-order valence-electron chi connectivity index (χ2n) is 10.2. The molecule has 8 nitrogen and oxygen atoms in total. The van der Waals surface area contributed by atoms with Gasteiger partial charge in [0.2, 0.25) is 0 Å². The molecule has 0 bridgehead atoms. The lowest BCUT2D eigenvalue weighted by atomic mass is 9.97. The molecule has 2 atom stereocenters. The molecule has 218 valence electrons. The number of ether oxygens (including phenoxy) is 2. The van der Waals surface area contributed by atoms with E-state index in [1.54, 1.807) is 30.3 Å². The number of hydrogen-bond acceptors (Lipinski definition) is 6. The summed E-state index contributed by atoms with van der Waals surface area (Å²) in [4.78, 5) is 2.76. The molecule has 0 amide bonds. The third kappa shape index (κ3) is 6.67. The zero-order valence-corrected chi connectivity index (χ0v) is 25.2. The summed E-state index contributed by atoms with van der Waals surface area (Å²) in [5, 5.41) is -0.563. The minimum absolute atomic E-state index is 0.00943. The summed E-state index contributed by atoms with van der Waals surface area (Å²) in [5.74, 6) is -0.0174. The van der Waals surface area contributed by atoms with Gasteiger partial charge < -0.3 is 15.0 Å². The zero-order valence-electron chi connectivity index (χ0n) is 23.6. The highest BCUT2D eigenvalue weighted by Crippen LogP contribution is 2.45. The molecule has 0 N–H and O–H groups in total. The third-order valence-corrected chi connectivity index (χ3v) is 11.7. The van der Waals surface area contributed by atoms with E-state index in [0.29, 0.717) is 29.2 Å². The van der Waals surface area contributed by atoms with Crippen molar-refractivity contribution in [1.82, 2.24) is 0 Å². The van der Waals surface area contributed by atoms with Gasteiger partial charge in [0.05, 0.1) is 18.1 Å². The van der Waals surface area contributed by atoms with Gasteiger partial charge in [0.25, 0.3) is 9.84 Å². The van der Waals surface area contributed by atoms with Gasteiger partial charge in [0.15, 0.2) is 19.8 Å². The fourth-order valence-corrected chi connectivity index (χ4v) is 9.32. The maximum absolute atomic E-state index is 14.7. The van der Waals surface area contributed by atoms with Gasteiger partial charge in [-0.2, -0.15) is 4.79 Å². The van der Waals surface area contributed by atoms with Gasteiger partial charge in [-0.05, 0) is 43.4 Å². The largest absolute Gasteiger partial charge is 0.496 e. The first-order valence-electron chi connectivity index (χ1n) is 14.0. The normalized spacial score (nSPS) is 19.4. The van der Waals surface area contributed by atoms with Crippen LogP contribution in [0.3, 0.4) is 0 Å². The molecule has 0 aromatic heterocycles. The van der Waals surface area contributed by atoms with Crippen molar-refractivity contribution in [2.75, 3.05) is 13.2 Å². The molecule has 2 unspecified atom stereocenters. The summed E-state index contributed by atoms with van der Waals surface area (Å²) in [7, 11) is -8.93. The Labute approximate surface area is 238 Å². The van der Waals surface area contributed by atoms with Crippen LogP contribution < -0.4 is 0 Å². The van der Waals surface area contributed by atoms with Crippen LogP contribution in [0, 0.1) is 0 Å². The van der Waals surface area contributed by atoms with E-state index in [0.717, 1.165) is 38.5 Å². The Morgan fingerprint density at radius 1 is 0.850 bits per heavy atom. The Balaban J connectivity index is 2.19. The van der Waals surface area contributed by atoms with E-state index in [2.05, 4.69) is 18.6 Å². The summed E-state index contributed by atoms with van der Waals surface area (Å²) >= 11 is 0. The molecule has 0 heterocycles. The van der Waals surface area contributed by atoms with Gasteiger partial charge in [-0.15, -0.1) is 0 Å². The average Bonchev–Trinajstić information content (AvgIpc) is 2.93. The first-order chi connectivity index (χ1) is 19.1. The van der Waals surface area contributed by atoms with E-state index < -0.39 is 29.7 Å². The van der Waals surface area contributed by atoms with Gasteiger partial charge in [0, 0.05) is 5.39 Å². The Morgan fingerprint density at radius 2 is 1.48 bits per heavy atom. The van der Waals surface area contributed by atoms with Crippen LogP contribution >= 0.6 is 0 Å². The fourth-order valence-electron chi connectivity index (χ4n) is 5.09. The van der Waals surface area contributed by atoms with Crippen molar-refractivity contribution in [3.05, 3.63) is 71.7 Å². The van der Waals surface area contributed by atoms with Gasteiger partial charge in [-0.1, -0.05) is 88.8 Å². The topological polar surface area (TPSA) is 123 Å². The Kier molecular flexibility index (Phi) is 11.1. The number of rotatable bonds is 16. The number of nitrogens with zero attached hydrogens (tertiary/aromatic N) is 2. The number of benzene rings is 2. The molecule has 1 aliphatic carbocycles. The zero-order chi connectivity index (χ0) is 29.2. The van der Waals surface area contributed by atoms with Crippen LogP contribution in [0.15, 0.2) is 71.0 Å². The van der Waals surface area contributed by atoms with E-state index in [4.69, 9.17) is 9.47 Å². The van der Waals surface area contributed by atoms with Crippen molar-refractivity contribution < 1.29 is 31.1 Å². The fraction of sp³-hybridized carbons (Fsp3) is 0.500. The van der Waals surface area contributed by atoms with E-state index in [-0.39, 0.29) is 29.6 Å². The van der Waals surface area contributed by atoms with Crippen molar-refractivity contribution in [1.29, 1.82) is 0 Å². The quantitative estimate of drug-likeness (QED) is 0.0736. The minimum atomic E-state index is -4.49. The number of fused-ring (bicyclic) bond motifs is 1. The molecule has 40 heavy (non-hydrogen) atoms. The summed E-state index contributed by atoms with van der Waals surface area (Å²) in [6, 6.07) is 12.0. The minimum Gasteiger partial charge on any atom is -0.496 e. The van der Waals surface area contributed by atoms with E-state index in [1.807, 2.05) is 6.07 Å². The molecule has 0 spiro atoms. The molecule has 0 aliphatic heterocycles. The molecule has 0 fully saturated rings. The molecule has 1 aliphatic rings. The maximum atomic E-state index is 14.7. The molecule has 0 radical (unpaired) electrons. The molecule has 2 aromatic rings. The highest BCUT2D eigenvalue weighted by atomic mass is 32.2. The van der Waals surface area contributed by atoms with Gasteiger partial charge in [-0.25, -0.2) is 16.8 Å². The predicted octanol–water partition coefficient (Wildman–Crippen LogP) is 6.39. The number of hydrogen-bond donors (Lipinski definition) is 0. The van der Waals surface area contributed by atoms with Gasteiger partial charge in [-0.3, -0.25) is 0 Å². The molecule has 10 heteroatoms.